The Labute approximate surface area is 303 Å². The van der Waals surface area contributed by atoms with E-state index < -0.39 is 15.8 Å². The molecule has 2 unspecified atom stereocenters. The molecule has 0 saturated carbocycles. The summed E-state index contributed by atoms with van der Waals surface area (Å²) in [5, 5.41) is 5.68. The molecule has 258 valence electrons. The third kappa shape index (κ3) is 7.64. The van der Waals surface area contributed by atoms with Crippen molar-refractivity contribution in [2.75, 3.05) is 14.2 Å². The Morgan fingerprint density at radius 1 is 0.400 bits per heavy atom. The summed E-state index contributed by atoms with van der Waals surface area (Å²) in [5.74, 6) is 1.92. The molecular formula is C46H52O2P2. The average molecular weight is 699 g/mol. The fourth-order valence-electron chi connectivity index (χ4n) is 8.18. The largest absolute Gasteiger partial charge is 0.496 e. The van der Waals surface area contributed by atoms with E-state index in [0.717, 1.165) is 24.4 Å². The Hall–Kier alpha value is -3.70. The number of aryl methyl sites for hydroxylation is 8. The number of allylic oxidation sites excluding steroid dienone is 6. The highest BCUT2D eigenvalue weighted by Gasteiger charge is 2.41. The second-order valence-corrected chi connectivity index (χ2v) is 19.2. The molecule has 2 atom stereocenters. The molecule has 4 heteroatoms. The van der Waals surface area contributed by atoms with Crippen molar-refractivity contribution in [3.05, 3.63) is 164 Å². The molecule has 2 aliphatic carbocycles. The Kier molecular flexibility index (Phi) is 11.0. The lowest BCUT2D eigenvalue weighted by molar-refractivity contribution is 0.290. The van der Waals surface area contributed by atoms with Crippen molar-refractivity contribution >= 4 is 37.1 Å². The van der Waals surface area contributed by atoms with Gasteiger partial charge in [-0.2, -0.15) is 0 Å². The number of hydrogen-bond donors (Lipinski definition) is 0. The van der Waals surface area contributed by atoms with E-state index in [0.29, 0.717) is 0 Å². The predicted molar refractivity (Wildman–Crippen MR) is 219 cm³/mol. The molecule has 0 radical (unpaired) electrons. The van der Waals surface area contributed by atoms with Crippen molar-refractivity contribution in [2.45, 2.75) is 79.5 Å². The topological polar surface area (TPSA) is 18.5 Å². The Bertz CT molecular complexity index is 1710. The van der Waals surface area contributed by atoms with Crippen molar-refractivity contribution in [1.29, 1.82) is 0 Å². The number of ether oxygens (including phenoxy) is 2. The summed E-state index contributed by atoms with van der Waals surface area (Å²) in [4.78, 5) is 0. The summed E-state index contributed by atoms with van der Waals surface area (Å²) in [6.45, 7) is 17.9. The van der Waals surface area contributed by atoms with Gasteiger partial charge >= 0.3 is 0 Å². The highest BCUT2D eigenvalue weighted by Crippen LogP contribution is 2.56. The van der Waals surface area contributed by atoms with Gasteiger partial charge in [-0.25, -0.2) is 0 Å². The second kappa shape index (κ2) is 15.3. The molecule has 2 nitrogen and oxygen atoms in total. The van der Waals surface area contributed by atoms with Gasteiger partial charge in [0.1, 0.15) is 11.5 Å². The van der Waals surface area contributed by atoms with Gasteiger partial charge in [-0.15, -0.1) is 0 Å². The summed E-state index contributed by atoms with van der Waals surface area (Å²) in [6.07, 6.45) is 11.0. The molecule has 0 amide bonds. The zero-order chi connectivity index (χ0) is 35.7. The van der Waals surface area contributed by atoms with Crippen LogP contribution < -0.4 is 21.2 Å². The van der Waals surface area contributed by atoms with Gasteiger partial charge in [0, 0.05) is 22.5 Å². The van der Waals surface area contributed by atoms with Crippen molar-refractivity contribution in [2.24, 2.45) is 0 Å². The quantitative estimate of drug-likeness (QED) is 0.162. The van der Waals surface area contributed by atoms with Gasteiger partial charge in [0.05, 0.1) is 14.2 Å². The van der Waals surface area contributed by atoms with Crippen LogP contribution >= 0.6 is 15.8 Å². The molecule has 0 aromatic heterocycles. The third-order valence-corrected chi connectivity index (χ3v) is 15.2. The van der Waals surface area contributed by atoms with E-state index in [2.05, 4.69) is 152 Å². The minimum absolute atomic E-state index is 0.205. The minimum Gasteiger partial charge on any atom is -0.496 e. The monoisotopic (exact) mass is 698 g/mol. The van der Waals surface area contributed by atoms with Gasteiger partial charge in [0.2, 0.25) is 0 Å². The lowest BCUT2D eigenvalue weighted by atomic mass is 9.88. The Morgan fingerprint density at radius 3 is 0.860 bits per heavy atom. The summed E-state index contributed by atoms with van der Waals surface area (Å²) in [7, 11) is 2.05. The SMILES string of the molecule is COC1=C(C2=C(OC)C=CCC2P(c2cc(C)cc(C)c2)c2cc(C)cc(C)c2)C(P(c2cc(C)cc(C)c2)c2cc(C)cc(C)c2)CC=C1. The van der Waals surface area contributed by atoms with Gasteiger partial charge in [-0.05, 0) is 117 Å². The van der Waals surface area contributed by atoms with Crippen LogP contribution in [-0.4, -0.2) is 25.5 Å². The number of benzene rings is 4. The maximum atomic E-state index is 6.41. The molecule has 0 bridgehead atoms. The van der Waals surface area contributed by atoms with Crippen LogP contribution in [0.5, 0.6) is 0 Å². The molecule has 50 heavy (non-hydrogen) atoms. The van der Waals surface area contributed by atoms with E-state index >= 15 is 0 Å². The number of methoxy groups -OCH3 is 2. The standard InChI is InChI=1S/C46H52O2P2/c1-29-17-30(2)22-37(21-29)49(38-23-31(3)18-32(4)24-38)43-15-11-13-41(47-9)45(43)46-42(48-10)14-12-16-44(46)50(39-25-33(5)19-34(6)26-39)40-27-35(7)20-36(8)28-40/h11-14,17-28,43-44H,15-16H2,1-10H3. The second-order valence-electron chi connectivity index (χ2n) is 14.4. The zero-order valence-corrected chi connectivity index (χ0v) is 33.3. The molecule has 0 heterocycles. The summed E-state index contributed by atoms with van der Waals surface area (Å²) >= 11 is 0. The van der Waals surface area contributed by atoms with Crippen LogP contribution in [-0.2, 0) is 9.47 Å². The van der Waals surface area contributed by atoms with E-state index in [1.165, 1.54) is 76.9 Å². The Balaban J connectivity index is 1.64. The van der Waals surface area contributed by atoms with E-state index in [1.54, 1.807) is 0 Å². The lowest BCUT2D eigenvalue weighted by Gasteiger charge is -2.40. The van der Waals surface area contributed by atoms with Crippen LogP contribution in [0.15, 0.2) is 120 Å². The van der Waals surface area contributed by atoms with Crippen molar-refractivity contribution in [1.82, 2.24) is 0 Å². The number of hydrogen-bond acceptors (Lipinski definition) is 2. The predicted octanol–water partition coefficient (Wildman–Crippen LogP) is 10.2. The van der Waals surface area contributed by atoms with E-state index in [9.17, 15) is 0 Å². The van der Waals surface area contributed by atoms with Gasteiger partial charge in [-0.3, -0.25) is 0 Å². The molecule has 4 aromatic rings. The van der Waals surface area contributed by atoms with Gasteiger partial charge < -0.3 is 9.47 Å². The summed E-state index contributed by atoms with van der Waals surface area (Å²) < 4.78 is 12.8. The summed E-state index contributed by atoms with van der Waals surface area (Å²) in [6, 6.07) is 28.6. The van der Waals surface area contributed by atoms with Crippen molar-refractivity contribution < 1.29 is 9.47 Å². The highest BCUT2D eigenvalue weighted by molar-refractivity contribution is 7.74. The molecule has 0 saturated heterocycles. The molecule has 0 spiro atoms. The van der Waals surface area contributed by atoms with Crippen LogP contribution in [0.1, 0.15) is 57.3 Å². The van der Waals surface area contributed by atoms with E-state index in [1.807, 2.05) is 14.2 Å². The fourth-order valence-corrected chi connectivity index (χ4v) is 14.7. The first-order valence-electron chi connectivity index (χ1n) is 17.8. The van der Waals surface area contributed by atoms with E-state index in [-0.39, 0.29) is 11.3 Å². The van der Waals surface area contributed by atoms with Crippen LogP contribution in [0.4, 0.5) is 0 Å². The average Bonchev–Trinajstić information content (AvgIpc) is 3.03. The molecule has 0 N–H and O–H groups in total. The normalized spacial score (nSPS) is 17.7. The Morgan fingerprint density at radius 2 is 0.640 bits per heavy atom. The summed E-state index contributed by atoms with van der Waals surface area (Å²) in [5.41, 5.74) is 13.5. The fraction of sp³-hybridized carbons (Fsp3) is 0.304. The molecular weight excluding hydrogens is 646 g/mol. The molecule has 6 rings (SSSR count). The zero-order valence-electron chi connectivity index (χ0n) is 31.5. The van der Waals surface area contributed by atoms with E-state index in [4.69, 9.17) is 9.47 Å². The van der Waals surface area contributed by atoms with Crippen LogP contribution in [0.25, 0.3) is 0 Å². The highest BCUT2D eigenvalue weighted by atomic mass is 31.1. The minimum atomic E-state index is -0.818. The maximum Gasteiger partial charge on any atom is 0.122 e. The number of rotatable bonds is 9. The van der Waals surface area contributed by atoms with Crippen molar-refractivity contribution in [3.8, 4) is 0 Å². The molecule has 0 fully saturated rings. The molecule has 2 aliphatic rings. The van der Waals surface area contributed by atoms with Crippen LogP contribution in [0, 0.1) is 55.4 Å². The van der Waals surface area contributed by atoms with Gasteiger partial charge in [0.15, 0.2) is 0 Å². The molecule has 4 aromatic carbocycles. The van der Waals surface area contributed by atoms with Gasteiger partial charge in [0.25, 0.3) is 0 Å². The van der Waals surface area contributed by atoms with Crippen LogP contribution in [0.3, 0.4) is 0 Å². The smallest absolute Gasteiger partial charge is 0.122 e. The third-order valence-electron chi connectivity index (χ3n) is 9.75. The van der Waals surface area contributed by atoms with Crippen LogP contribution in [0.2, 0.25) is 0 Å². The maximum absolute atomic E-state index is 6.41. The first-order valence-corrected chi connectivity index (χ1v) is 20.6. The molecule has 0 aliphatic heterocycles. The van der Waals surface area contributed by atoms with Crippen molar-refractivity contribution in [3.63, 3.8) is 0 Å². The first kappa shape index (κ1) is 36.1. The lowest BCUT2D eigenvalue weighted by Crippen LogP contribution is -2.33. The van der Waals surface area contributed by atoms with Gasteiger partial charge in [-0.1, -0.05) is 129 Å². The first-order chi connectivity index (χ1) is 23.9.